The summed E-state index contributed by atoms with van der Waals surface area (Å²) in [6, 6.07) is 1.98. The van der Waals surface area contributed by atoms with E-state index in [-0.39, 0.29) is 18.4 Å². The standard InChI is InChI=1S/C12H19NO2S/c1-9(3-5-14)7-13-12(15)10(2)11-4-6-16-8-11/h4,6,8-10,14H,3,5,7H2,1-2H3,(H,13,15). The number of amides is 1. The molecule has 1 aromatic heterocycles. The van der Waals surface area contributed by atoms with Crippen molar-refractivity contribution in [3.63, 3.8) is 0 Å². The number of carbonyl (C=O) groups is 1. The van der Waals surface area contributed by atoms with Gasteiger partial charge in [-0.15, -0.1) is 0 Å². The van der Waals surface area contributed by atoms with Crippen LogP contribution in [0.25, 0.3) is 0 Å². The number of hydrogen-bond acceptors (Lipinski definition) is 3. The molecule has 0 saturated heterocycles. The van der Waals surface area contributed by atoms with E-state index in [0.717, 1.165) is 12.0 Å². The van der Waals surface area contributed by atoms with Crippen molar-refractivity contribution in [2.45, 2.75) is 26.2 Å². The Labute approximate surface area is 100 Å². The lowest BCUT2D eigenvalue weighted by Crippen LogP contribution is -2.31. The quantitative estimate of drug-likeness (QED) is 0.800. The van der Waals surface area contributed by atoms with Crippen molar-refractivity contribution in [1.82, 2.24) is 5.32 Å². The van der Waals surface area contributed by atoms with Gasteiger partial charge in [-0.3, -0.25) is 4.79 Å². The second kappa shape index (κ2) is 6.66. The Morgan fingerprint density at radius 1 is 1.56 bits per heavy atom. The largest absolute Gasteiger partial charge is 0.396 e. The van der Waals surface area contributed by atoms with E-state index in [1.807, 2.05) is 30.7 Å². The van der Waals surface area contributed by atoms with Crippen LogP contribution in [0, 0.1) is 5.92 Å². The van der Waals surface area contributed by atoms with Crippen LogP contribution in [0.1, 0.15) is 31.7 Å². The van der Waals surface area contributed by atoms with Gasteiger partial charge in [-0.1, -0.05) is 6.92 Å². The van der Waals surface area contributed by atoms with Crippen molar-refractivity contribution < 1.29 is 9.90 Å². The van der Waals surface area contributed by atoms with E-state index in [9.17, 15) is 4.79 Å². The number of aliphatic hydroxyl groups is 1. The predicted octanol–water partition coefficient (Wildman–Crippen LogP) is 1.99. The Balaban J connectivity index is 2.35. The highest BCUT2D eigenvalue weighted by Gasteiger charge is 2.15. The van der Waals surface area contributed by atoms with Gasteiger partial charge in [-0.05, 0) is 41.7 Å². The Morgan fingerprint density at radius 2 is 2.31 bits per heavy atom. The fourth-order valence-electron chi connectivity index (χ4n) is 1.42. The number of aliphatic hydroxyl groups excluding tert-OH is 1. The summed E-state index contributed by atoms with van der Waals surface area (Å²) in [5.41, 5.74) is 1.07. The van der Waals surface area contributed by atoms with E-state index < -0.39 is 0 Å². The molecule has 0 spiro atoms. The first-order chi connectivity index (χ1) is 7.65. The van der Waals surface area contributed by atoms with Gasteiger partial charge < -0.3 is 10.4 Å². The fourth-order valence-corrected chi connectivity index (χ4v) is 2.18. The highest BCUT2D eigenvalue weighted by atomic mass is 32.1. The highest BCUT2D eigenvalue weighted by molar-refractivity contribution is 7.08. The molecule has 0 radical (unpaired) electrons. The monoisotopic (exact) mass is 241 g/mol. The first kappa shape index (κ1) is 13.2. The number of thiophene rings is 1. The topological polar surface area (TPSA) is 49.3 Å². The van der Waals surface area contributed by atoms with Crippen molar-refractivity contribution in [1.29, 1.82) is 0 Å². The van der Waals surface area contributed by atoms with Gasteiger partial charge in [0.2, 0.25) is 5.91 Å². The molecule has 0 fully saturated rings. The maximum absolute atomic E-state index is 11.8. The first-order valence-corrected chi connectivity index (χ1v) is 6.50. The van der Waals surface area contributed by atoms with Crippen LogP contribution in [0.3, 0.4) is 0 Å². The zero-order valence-electron chi connectivity index (χ0n) is 9.77. The molecule has 0 saturated carbocycles. The summed E-state index contributed by atoms with van der Waals surface area (Å²) in [5.74, 6) is 0.291. The van der Waals surface area contributed by atoms with Crippen LogP contribution in [-0.4, -0.2) is 24.2 Å². The van der Waals surface area contributed by atoms with Crippen LogP contribution in [0.15, 0.2) is 16.8 Å². The molecule has 1 aromatic rings. The smallest absolute Gasteiger partial charge is 0.227 e. The maximum atomic E-state index is 11.8. The predicted molar refractivity (Wildman–Crippen MR) is 66.6 cm³/mol. The van der Waals surface area contributed by atoms with Gasteiger partial charge in [-0.2, -0.15) is 11.3 Å². The van der Waals surface area contributed by atoms with E-state index >= 15 is 0 Å². The first-order valence-electron chi connectivity index (χ1n) is 5.55. The average Bonchev–Trinajstić information content (AvgIpc) is 2.78. The molecule has 1 rings (SSSR count). The molecular weight excluding hydrogens is 222 g/mol. The number of rotatable bonds is 6. The molecule has 2 N–H and O–H groups in total. The zero-order valence-corrected chi connectivity index (χ0v) is 10.6. The van der Waals surface area contributed by atoms with E-state index in [1.165, 1.54) is 0 Å². The van der Waals surface area contributed by atoms with Gasteiger partial charge in [0, 0.05) is 13.2 Å². The van der Waals surface area contributed by atoms with Crippen molar-refractivity contribution in [3.05, 3.63) is 22.4 Å². The van der Waals surface area contributed by atoms with Gasteiger partial charge in [0.05, 0.1) is 5.92 Å². The Morgan fingerprint density at radius 3 is 2.88 bits per heavy atom. The third-order valence-electron chi connectivity index (χ3n) is 2.68. The molecule has 90 valence electrons. The molecule has 1 heterocycles. The molecule has 3 nitrogen and oxygen atoms in total. The molecule has 0 aromatic carbocycles. The summed E-state index contributed by atoms with van der Waals surface area (Å²) in [5, 5.41) is 15.6. The Bertz CT molecular complexity index is 311. The van der Waals surface area contributed by atoms with Crippen LogP contribution in [0.2, 0.25) is 0 Å². The molecule has 1 amide bonds. The Hall–Kier alpha value is -0.870. The minimum Gasteiger partial charge on any atom is -0.396 e. The second-order valence-electron chi connectivity index (χ2n) is 4.14. The molecule has 16 heavy (non-hydrogen) atoms. The average molecular weight is 241 g/mol. The lowest BCUT2D eigenvalue weighted by Gasteiger charge is -2.14. The van der Waals surface area contributed by atoms with Gasteiger partial charge in [0.15, 0.2) is 0 Å². The van der Waals surface area contributed by atoms with Crippen molar-refractivity contribution in [3.8, 4) is 0 Å². The molecule has 0 aliphatic carbocycles. The van der Waals surface area contributed by atoms with Crippen LogP contribution in [0.4, 0.5) is 0 Å². The number of carbonyl (C=O) groups excluding carboxylic acids is 1. The van der Waals surface area contributed by atoms with E-state index in [2.05, 4.69) is 5.32 Å². The number of hydrogen-bond donors (Lipinski definition) is 2. The molecular formula is C12H19NO2S. The summed E-state index contributed by atoms with van der Waals surface area (Å²) in [7, 11) is 0. The third-order valence-corrected chi connectivity index (χ3v) is 3.38. The normalized spacial score (nSPS) is 14.4. The minimum atomic E-state index is -0.0902. The summed E-state index contributed by atoms with van der Waals surface area (Å²) in [6.45, 7) is 4.74. The highest BCUT2D eigenvalue weighted by Crippen LogP contribution is 2.18. The second-order valence-corrected chi connectivity index (χ2v) is 4.92. The number of nitrogens with one attached hydrogen (secondary N) is 1. The lowest BCUT2D eigenvalue weighted by atomic mass is 10.0. The van der Waals surface area contributed by atoms with Gasteiger partial charge in [-0.25, -0.2) is 0 Å². The summed E-state index contributed by atoms with van der Waals surface area (Å²) in [4.78, 5) is 11.8. The van der Waals surface area contributed by atoms with E-state index in [4.69, 9.17) is 5.11 Å². The van der Waals surface area contributed by atoms with Crippen LogP contribution in [-0.2, 0) is 4.79 Å². The molecule has 2 unspecified atom stereocenters. The van der Waals surface area contributed by atoms with Crippen LogP contribution < -0.4 is 5.32 Å². The molecule has 4 heteroatoms. The lowest BCUT2D eigenvalue weighted by molar-refractivity contribution is -0.122. The van der Waals surface area contributed by atoms with Crippen molar-refractivity contribution >= 4 is 17.2 Å². The minimum absolute atomic E-state index is 0.0585. The third kappa shape index (κ3) is 3.94. The fraction of sp³-hybridized carbons (Fsp3) is 0.583. The molecule has 0 aliphatic heterocycles. The van der Waals surface area contributed by atoms with Crippen LogP contribution in [0.5, 0.6) is 0 Å². The van der Waals surface area contributed by atoms with E-state index in [1.54, 1.807) is 11.3 Å². The molecule has 2 atom stereocenters. The zero-order chi connectivity index (χ0) is 12.0. The molecule has 0 aliphatic rings. The van der Waals surface area contributed by atoms with Gasteiger partial charge in [0.1, 0.15) is 0 Å². The Kier molecular flexibility index (Phi) is 5.49. The molecule has 0 bridgehead atoms. The summed E-state index contributed by atoms with van der Waals surface area (Å²) < 4.78 is 0. The van der Waals surface area contributed by atoms with Crippen molar-refractivity contribution in [2.24, 2.45) is 5.92 Å². The summed E-state index contributed by atoms with van der Waals surface area (Å²) in [6.07, 6.45) is 0.729. The van der Waals surface area contributed by atoms with Crippen molar-refractivity contribution in [2.75, 3.05) is 13.2 Å². The van der Waals surface area contributed by atoms with Gasteiger partial charge in [0.25, 0.3) is 0 Å². The van der Waals surface area contributed by atoms with E-state index in [0.29, 0.717) is 12.5 Å². The van der Waals surface area contributed by atoms with Gasteiger partial charge >= 0.3 is 0 Å². The summed E-state index contributed by atoms with van der Waals surface area (Å²) >= 11 is 1.60. The SMILES string of the molecule is CC(CCO)CNC(=O)C(C)c1ccsc1. The maximum Gasteiger partial charge on any atom is 0.227 e. The van der Waals surface area contributed by atoms with Crippen LogP contribution >= 0.6 is 11.3 Å².